The number of halogens is 1. The summed E-state index contributed by atoms with van der Waals surface area (Å²) in [4.78, 5) is 0. The number of anilines is 1. The molecule has 0 saturated heterocycles. The Balaban J connectivity index is 2.35. The van der Waals surface area contributed by atoms with Crippen molar-refractivity contribution in [2.75, 3.05) is 11.9 Å². The highest BCUT2D eigenvalue weighted by Gasteiger charge is 2.11. The van der Waals surface area contributed by atoms with Crippen molar-refractivity contribution in [2.24, 2.45) is 0 Å². The highest BCUT2D eigenvalue weighted by molar-refractivity contribution is 9.11. The van der Waals surface area contributed by atoms with Crippen LogP contribution in [0.15, 0.2) is 22.0 Å². The van der Waals surface area contributed by atoms with Crippen LogP contribution in [0.1, 0.15) is 5.56 Å². The van der Waals surface area contributed by atoms with E-state index in [9.17, 15) is 0 Å². The highest BCUT2D eigenvalue weighted by atomic mass is 79.9. The van der Waals surface area contributed by atoms with Gasteiger partial charge in [-0.2, -0.15) is 0 Å². The maximum atomic E-state index is 3.51. The van der Waals surface area contributed by atoms with Gasteiger partial charge in [-0.3, -0.25) is 0 Å². The minimum Gasteiger partial charge on any atom is -0.384 e. The summed E-state index contributed by atoms with van der Waals surface area (Å²) in [5, 5.41) is 4.75. The Morgan fingerprint density at radius 3 is 3.15 bits per heavy atom. The van der Waals surface area contributed by atoms with Gasteiger partial charge in [-0.15, -0.1) is 11.3 Å². The fourth-order valence-corrected chi connectivity index (χ4v) is 3.38. The van der Waals surface area contributed by atoms with Crippen molar-refractivity contribution in [3.8, 4) is 0 Å². The second-order valence-corrected chi connectivity index (χ2v) is 5.74. The van der Waals surface area contributed by atoms with E-state index >= 15 is 0 Å². The molecule has 1 nitrogen and oxygen atoms in total. The molecule has 0 radical (unpaired) electrons. The molecule has 2 aromatic rings. The Kier molecular flexibility index (Phi) is 1.64. The van der Waals surface area contributed by atoms with Crippen molar-refractivity contribution in [3.63, 3.8) is 0 Å². The smallest absolute Gasteiger partial charge is 0.0711 e. The van der Waals surface area contributed by atoms with Gasteiger partial charge in [-0.25, -0.2) is 0 Å². The Labute approximate surface area is 88.9 Å². The van der Waals surface area contributed by atoms with E-state index in [1.807, 2.05) is 0 Å². The lowest BCUT2D eigenvalue weighted by Gasteiger charge is -1.98. The zero-order valence-corrected chi connectivity index (χ0v) is 9.33. The molecule has 66 valence electrons. The lowest BCUT2D eigenvalue weighted by molar-refractivity contribution is 1.11. The van der Waals surface area contributed by atoms with E-state index in [1.165, 1.54) is 31.5 Å². The molecule has 0 saturated carbocycles. The number of nitrogens with one attached hydrogen (secondary N) is 1. The molecule has 1 aromatic heterocycles. The summed E-state index contributed by atoms with van der Waals surface area (Å²) in [6.07, 6.45) is 1.17. The monoisotopic (exact) mass is 253 g/mol. The zero-order chi connectivity index (χ0) is 8.84. The van der Waals surface area contributed by atoms with Crippen molar-refractivity contribution in [1.82, 2.24) is 0 Å². The van der Waals surface area contributed by atoms with E-state index in [4.69, 9.17) is 0 Å². The molecule has 3 rings (SSSR count). The van der Waals surface area contributed by atoms with Crippen LogP contribution in [0.5, 0.6) is 0 Å². The summed E-state index contributed by atoms with van der Waals surface area (Å²) in [5.74, 6) is 0. The van der Waals surface area contributed by atoms with Crippen molar-refractivity contribution in [2.45, 2.75) is 6.42 Å². The summed E-state index contributed by atoms with van der Waals surface area (Å²) in [7, 11) is 0. The fraction of sp³-hybridized carbons (Fsp3) is 0.200. The molecule has 1 N–H and O–H groups in total. The Hall–Kier alpha value is -0.540. The van der Waals surface area contributed by atoms with Gasteiger partial charge in [0.1, 0.15) is 0 Å². The van der Waals surface area contributed by atoms with Gasteiger partial charge in [0.2, 0.25) is 0 Å². The van der Waals surface area contributed by atoms with Crippen LogP contribution < -0.4 is 5.32 Å². The fourth-order valence-electron chi connectivity index (χ4n) is 1.80. The molecule has 2 heterocycles. The molecule has 3 heteroatoms. The van der Waals surface area contributed by atoms with Crippen LogP contribution >= 0.6 is 27.3 Å². The second kappa shape index (κ2) is 2.72. The molecule has 0 amide bonds. The van der Waals surface area contributed by atoms with Gasteiger partial charge in [-0.05, 0) is 51.5 Å². The van der Waals surface area contributed by atoms with Gasteiger partial charge in [-0.1, -0.05) is 0 Å². The number of rotatable bonds is 0. The molecule has 0 fully saturated rings. The van der Waals surface area contributed by atoms with Crippen molar-refractivity contribution < 1.29 is 0 Å². The summed E-state index contributed by atoms with van der Waals surface area (Å²) < 4.78 is 2.58. The highest BCUT2D eigenvalue weighted by Crippen LogP contribution is 2.35. The first-order chi connectivity index (χ1) is 6.33. The number of hydrogen-bond acceptors (Lipinski definition) is 2. The van der Waals surface area contributed by atoms with Crippen molar-refractivity contribution in [3.05, 3.63) is 27.5 Å². The molecule has 1 aromatic carbocycles. The number of thiophene rings is 1. The summed E-state index contributed by atoms with van der Waals surface area (Å²) >= 11 is 5.31. The van der Waals surface area contributed by atoms with Crippen molar-refractivity contribution >= 4 is 43.0 Å². The Bertz CT molecular complexity index is 434. The summed E-state index contributed by atoms with van der Waals surface area (Å²) in [5.41, 5.74) is 2.78. The van der Waals surface area contributed by atoms with Crippen LogP contribution in [-0.4, -0.2) is 6.54 Å². The SMILES string of the molecule is Brc1cc2cc3c(cc2s1)NCC3. The van der Waals surface area contributed by atoms with Gasteiger partial charge in [0, 0.05) is 16.9 Å². The first kappa shape index (κ1) is 7.83. The number of hydrogen-bond donors (Lipinski definition) is 1. The van der Waals surface area contributed by atoms with E-state index in [0.717, 1.165) is 6.54 Å². The molecular formula is C10H8BrNS. The van der Waals surface area contributed by atoms with E-state index < -0.39 is 0 Å². The zero-order valence-electron chi connectivity index (χ0n) is 6.93. The minimum absolute atomic E-state index is 1.09. The third-order valence-corrected chi connectivity index (χ3v) is 4.02. The predicted molar refractivity (Wildman–Crippen MR) is 61.7 cm³/mol. The number of fused-ring (bicyclic) bond motifs is 2. The standard InChI is InChI=1S/C10H8BrNS/c11-10-4-7-3-6-1-2-12-8(6)5-9(7)13-10/h3-5,12H,1-2H2. The Morgan fingerprint density at radius 2 is 2.23 bits per heavy atom. The second-order valence-electron chi connectivity index (χ2n) is 3.27. The van der Waals surface area contributed by atoms with Crippen LogP contribution in [0.3, 0.4) is 0 Å². The normalized spacial score (nSPS) is 14.5. The third kappa shape index (κ3) is 1.18. The predicted octanol–water partition coefficient (Wildman–Crippen LogP) is 3.63. The molecular weight excluding hydrogens is 246 g/mol. The van der Waals surface area contributed by atoms with Crippen LogP contribution in [0, 0.1) is 0 Å². The summed E-state index contributed by atoms with van der Waals surface area (Å²) in [6, 6.07) is 6.75. The van der Waals surface area contributed by atoms with E-state index in [1.54, 1.807) is 11.3 Å². The van der Waals surface area contributed by atoms with Crippen LogP contribution in [0.4, 0.5) is 5.69 Å². The largest absolute Gasteiger partial charge is 0.384 e. The van der Waals surface area contributed by atoms with Gasteiger partial charge in [0.25, 0.3) is 0 Å². The first-order valence-corrected chi connectivity index (χ1v) is 5.90. The van der Waals surface area contributed by atoms with Crippen LogP contribution in [0.25, 0.3) is 10.1 Å². The topological polar surface area (TPSA) is 12.0 Å². The Morgan fingerprint density at radius 1 is 1.31 bits per heavy atom. The maximum Gasteiger partial charge on any atom is 0.0711 e. The lowest BCUT2D eigenvalue weighted by Crippen LogP contribution is -1.90. The van der Waals surface area contributed by atoms with E-state index in [0.29, 0.717) is 0 Å². The van der Waals surface area contributed by atoms with Crippen molar-refractivity contribution in [1.29, 1.82) is 0 Å². The van der Waals surface area contributed by atoms with Gasteiger partial charge >= 0.3 is 0 Å². The molecule has 0 spiro atoms. The average molecular weight is 254 g/mol. The molecule has 1 aliphatic heterocycles. The average Bonchev–Trinajstić information content (AvgIpc) is 2.63. The van der Waals surface area contributed by atoms with Crippen LogP contribution in [-0.2, 0) is 6.42 Å². The van der Waals surface area contributed by atoms with Gasteiger partial charge in [0.05, 0.1) is 3.79 Å². The van der Waals surface area contributed by atoms with Gasteiger partial charge < -0.3 is 5.32 Å². The molecule has 0 unspecified atom stereocenters. The van der Waals surface area contributed by atoms with E-state index in [2.05, 4.69) is 39.4 Å². The van der Waals surface area contributed by atoms with E-state index in [-0.39, 0.29) is 0 Å². The third-order valence-electron chi connectivity index (χ3n) is 2.42. The first-order valence-electron chi connectivity index (χ1n) is 4.29. The minimum atomic E-state index is 1.09. The summed E-state index contributed by atoms with van der Waals surface area (Å²) in [6.45, 7) is 1.09. The molecule has 1 aliphatic rings. The molecule has 0 aliphatic carbocycles. The van der Waals surface area contributed by atoms with Crippen LogP contribution in [0.2, 0.25) is 0 Å². The quantitative estimate of drug-likeness (QED) is 0.756. The molecule has 0 bridgehead atoms. The van der Waals surface area contributed by atoms with Gasteiger partial charge in [0.15, 0.2) is 0 Å². The number of benzene rings is 1. The lowest BCUT2D eigenvalue weighted by atomic mass is 10.1. The maximum absolute atomic E-state index is 3.51. The molecule has 13 heavy (non-hydrogen) atoms. The molecule has 0 atom stereocenters.